The Kier molecular flexibility index (Phi) is 6.83. The van der Waals surface area contributed by atoms with Crippen molar-refractivity contribution in [2.24, 2.45) is 5.92 Å². The van der Waals surface area contributed by atoms with Gasteiger partial charge in [-0.15, -0.1) is 0 Å². The van der Waals surface area contributed by atoms with Gasteiger partial charge in [-0.1, -0.05) is 44.2 Å². The van der Waals surface area contributed by atoms with Crippen LogP contribution in [0.15, 0.2) is 46.2 Å². The van der Waals surface area contributed by atoms with Gasteiger partial charge in [0.1, 0.15) is 6.54 Å². The first-order valence-corrected chi connectivity index (χ1v) is 9.79. The fraction of sp³-hybridized carbons (Fsp3) is 0.429. The summed E-state index contributed by atoms with van der Waals surface area (Å²) in [6.45, 7) is 4.57. The lowest BCUT2D eigenvalue weighted by Gasteiger charge is -2.13. The number of hydrogen-bond donors (Lipinski definition) is 0. The number of rotatable bonds is 9. The first-order valence-electron chi connectivity index (χ1n) is 9.79. The van der Waals surface area contributed by atoms with Gasteiger partial charge in [0.2, 0.25) is 0 Å². The van der Waals surface area contributed by atoms with Crippen molar-refractivity contribution in [1.82, 2.24) is 18.7 Å². The van der Waals surface area contributed by atoms with Gasteiger partial charge >= 0.3 is 11.7 Å². The summed E-state index contributed by atoms with van der Waals surface area (Å²) >= 11 is 0. The first-order chi connectivity index (χ1) is 14.4. The second-order valence-electron chi connectivity index (χ2n) is 7.43. The van der Waals surface area contributed by atoms with E-state index in [-0.39, 0.29) is 30.2 Å². The van der Waals surface area contributed by atoms with Crippen molar-refractivity contribution in [3.8, 4) is 0 Å². The summed E-state index contributed by atoms with van der Waals surface area (Å²) in [5.74, 6) is -0.477. The standard InChI is InChI=1S/C21H26N4O5/c1-15(2)13-30-17(26)12-25-20(27)18-19(22-14-23(18)9-10-29-3)24(21(25)28)11-16-7-5-4-6-8-16/h4-8,14-15H,9-13H2,1-3H3. The highest BCUT2D eigenvalue weighted by Gasteiger charge is 2.20. The molecular weight excluding hydrogens is 388 g/mol. The maximum Gasteiger partial charge on any atom is 0.333 e. The Bertz CT molecular complexity index is 1130. The summed E-state index contributed by atoms with van der Waals surface area (Å²) in [6.07, 6.45) is 1.51. The SMILES string of the molecule is COCCn1cnc2c1c(=O)n(CC(=O)OCC(C)C)c(=O)n2Cc1ccccc1. The Morgan fingerprint density at radius 3 is 2.53 bits per heavy atom. The molecule has 0 atom stereocenters. The number of fused-ring (bicyclic) bond motifs is 1. The van der Waals surface area contributed by atoms with E-state index in [1.807, 2.05) is 44.2 Å². The molecular formula is C21H26N4O5. The van der Waals surface area contributed by atoms with Gasteiger partial charge in [0.15, 0.2) is 11.2 Å². The van der Waals surface area contributed by atoms with Gasteiger partial charge in [-0.2, -0.15) is 0 Å². The zero-order valence-electron chi connectivity index (χ0n) is 17.4. The molecule has 0 aliphatic rings. The molecule has 0 aliphatic heterocycles. The number of ether oxygens (including phenoxy) is 2. The third-order valence-electron chi connectivity index (χ3n) is 4.57. The highest BCUT2D eigenvalue weighted by atomic mass is 16.5. The number of imidazole rings is 1. The zero-order chi connectivity index (χ0) is 21.7. The normalized spacial score (nSPS) is 11.3. The summed E-state index contributed by atoms with van der Waals surface area (Å²) in [5.41, 5.74) is 0.222. The number of carbonyl (C=O) groups excluding carboxylic acids is 1. The average Bonchev–Trinajstić information content (AvgIpc) is 3.16. The van der Waals surface area contributed by atoms with Crippen LogP contribution in [-0.2, 0) is 33.9 Å². The molecule has 0 spiro atoms. The number of esters is 1. The van der Waals surface area contributed by atoms with Gasteiger partial charge in [0, 0.05) is 13.7 Å². The van der Waals surface area contributed by atoms with E-state index in [0.717, 1.165) is 10.1 Å². The molecule has 2 heterocycles. The summed E-state index contributed by atoms with van der Waals surface area (Å²) in [6, 6.07) is 9.38. The highest BCUT2D eigenvalue weighted by molar-refractivity contribution is 5.72. The van der Waals surface area contributed by atoms with Crippen LogP contribution >= 0.6 is 0 Å². The van der Waals surface area contributed by atoms with Gasteiger partial charge in [-0.05, 0) is 11.5 Å². The minimum absolute atomic E-state index is 0.151. The Labute approximate surface area is 173 Å². The molecule has 0 bridgehead atoms. The van der Waals surface area contributed by atoms with Gasteiger partial charge in [-0.25, -0.2) is 14.3 Å². The number of methoxy groups -OCH3 is 1. The van der Waals surface area contributed by atoms with Crippen LogP contribution in [0.4, 0.5) is 0 Å². The average molecular weight is 414 g/mol. The molecule has 160 valence electrons. The molecule has 0 radical (unpaired) electrons. The van der Waals surface area contributed by atoms with Crippen molar-refractivity contribution >= 4 is 17.1 Å². The smallest absolute Gasteiger partial charge is 0.333 e. The minimum atomic E-state index is -0.628. The zero-order valence-corrected chi connectivity index (χ0v) is 17.4. The lowest BCUT2D eigenvalue weighted by Crippen LogP contribution is -2.42. The number of nitrogens with zero attached hydrogens (tertiary/aromatic N) is 4. The van der Waals surface area contributed by atoms with Crippen molar-refractivity contribution in [3.63, 3.8) is 0 Å². The fourth-order valence-electron chi connectivity index (χ4n) is 3.08. The quantitative estimate of drug-likeness (QED) is 0.489. The summed E-state index contributed by atoms with van der Waals surface area (Å²) in [5, 5.41) is 0. The largest absolute Gasteiger partial charge is 0.464 e. The topological polar surface area (TPSA) is 97.4 Å². The predicted molar refractivity (Wildman–Crippen MR) is 111 cm³/mol. The van der Waals surface area contributed by atoms with Gasteiger partial charge < -0.3 is 14.0 Å². The molecule has 30 heavy (non-hydrogen) atoms. The van der Waals surface area contributed by atoms with Crippen LogP contribution in [0.25, 0.3) is 11.2 Å². The minimum Gasteiger partial charge on any atom is -0.464 e. The van der Waals surface area contributed by atoms with E-state index in [2.05, 4.69) is 4.98 Å². The second-order valence-corrected chi connectivity index (χ2v) is 7.43. The van der Waals surface area contributed by atoms with Crippen molar-refractivity contribution in [2.45, 2.75) is 33.5 Å². The third kappa shape index (κ3) is 4.68. The maximum absolute atomic E-state index is 13.1. The summed E-state index contributed by atoms with van der Waals surface area (Å²) in [4.78, 5) is 42.8. The maximum atomic E-state index is 13.1. The molecule has 0 fully saturated rings. The number of aromatic nitrogens is 4. The Balaban J connectivity index is 2.11. The van der Waals surface area contributed by atoms with E-state index < -0.39 is 23.8 Å². The molecule has 3 aromatic rings. The molecule has 0 aliphatic carbocycles. The van der Waals surface area contributed by atoms with Crippen molar-refractivity contribution in [2.75, 3.05) is 20.3 Å². The van der Waals surface area contributed by atoms with Crippen molar-refractivity contribution < 1.29 is 14.3 Å². The van der Waals surface area contributed by atoms with Crippen molar-refractivity contribution in [3.05, 3.63) is 63.1 Å². The van der Waals surface area contributed by atoms with E-state index in [9.17, 15) is 14.4 Å². The molecule has 0 amide bonds. The molecule has 0 unspecified atom stereocenters. The predicted octanol–water partition coefficient (Wildman–Crippen LogP) is 1.25. The Morgan fingerprint density at radius 2 is 1.87 bits per heavy atom. The summed E-state index contributed by atoms with van der Waals surface area (Å²) < 4.78 is 14.2. The van der Waals surface area contributed by atoms with Crippen LogP contribution in [-0.4, -0.2) is 45.0 Å². The summed E-state index contributed by atoms with van der Waals surface area (Å²) in [7, 11) is 1.56. The molecule has 0 saturated heterocycles. The molecule has 0 saturated carbocycles. The van der Waals surface area contributed by atoms with Gasteiger partial charge in [0.05, 0.1) is 26.1 Å². The lowest BCUT2D eigenvalue weighted by atomic mass is 10.2. The molecule has 9 nitrogen and oxygen atoms in total. The van der Waals surface area contributed by atoms with Crippen LogP contribution in [0.2, 0.25) is 0 Å². The Morgan fingerprint density at radius 1 is 1.13 bits per heavy atom. The monoisotopic (exact) mass is 414 g/mol. The lowest BCUT2D eigenvalue weighted by molar-refractivity contribution is -0.145. The van der Waals surface area contributed by atoms with Crippen molar-refractivity contribution in [1.29, 1.82) is 0 Å². The molecule has 9 heteroatoms. The first kappa shape index (κ1) is 21.5. The van der Waals surface area contributed by atoms with E-state index >= 15 is 0 Å². The number of hydrogen-bond acceptors (Lipinski definition) is 6. The Hall–Kier alpha value is -3.20. The van der Waals surface area contributed by atoms with Gasteiger partial charge in [-0.3, -0.25) is 14.2 Å². The fourth-order valence-corrected chi connectivity index (χ4v) is 3.08. The number of carbonyl (C=O) groups is 1. The van der Waals surface area contributed by atoms with Crippen LogP contribution < -0.4 is 11.2 Å². The molecule has 1 aromatic carbocycles. The number of benzene rings is 1. The van der Waals surface area contributed by atoms with E-state index in [1.54, 1.807) is 11.7 Å². The molecule has 3 rings (SSSR count). The van der Waals surface area contributed by atoms with E-state index in [0.29, 0.717) is 13.2 Å². The van der Waals surface area contributed by atoms with E-state index in [1.165, 1.54) is 10.9 Å². The van der Waals surface area contributed by atoms with Crippen LogP contribution in [0, 0.1) is 5.92 Å². The highest BCUT2D eigenvalue weighted by Crippen LogP contribution is 2.10. The van der Waals surface area contributed by atoms with Crippen LogP contribution in [0.3, 0.4) is 0 Å². The van der Waals surface area contributed by atoms with Crippen LogP contribution in [0.1, 0.15) is 19.4 Å². The molecule has 2 aromatic heterocycles. The second kappa shape index (κ2) is 9.53. The third-order valence-corrected chi connectivity index (χ3v) is 4.57. The van der Waals surface area contributed by atoms with E-state index in [4.69, 9.17) is 9.47 Å². The van der Waals surface area contributed by atoms with Gasteiger partial charge in [0.25, 0.3) is 5.56 Å². The van der Waals surface area contributed by atoms with Crippen LogP contribution in [0.5, 0.6) is 0 Å². The molecule has 0 N–H and O–H groups in total.